The number of hydrogen-bond donors (Lipinski definition) is 2. The van der Waals surface area contributed by atoms with Crippen LogP contribution in [-0.4, -0.2) is 40.6 Å². The molecule has 3 aromatic carbocycles. The number of halogens is 2. The minimum absolute atomic E-state index is 0.331. The summed E-state index contributed by atoms with van der Waals surface area (Å²) in [5.74, 6) is -0.188. The standard InChI is InChI=1S/C23H26ClIN2.C7H6O2/c24-22-7-2-1-5-18(22)6-3-4-12-27-13-10-17(11-14-27)21-16-26-23-9-8-19(25)15-20(21)23;8-7(9)6-4-2-1-3-5-6/h1-2,5,7-9,15-17,26H,3-4,6,10-14H2;1-5H,(H,8,9). The lowest BCUT2D eigenvalue weighted by Gasteiger charge is -2.32. The number of nitrogens with one attached hydrogen (secondary N) is 1. The Morgan fingerprint density at radius 3 is 2.42 bits per heavy atom. The molecule has 188 valence electrons. The fourth-order valence-electron chi connectivity index (χ4n) is 4.85. The molecule has 1 saturated heterocycles. The van der Waals surface area contributed by atoms with Crippen molar-refractivity contribution in [1.82, 2.24) is 9.88 Å². The Morgan fingerprint density at radius 1 is 1.00 bits per heavy atom. The summed E-state index contributed by atoms with van der Waals surface area (Å²) < 4.78 is 1.32. The van der Waals surface area contributed by atoms with Crippen molar-refractivity contribution in [3.8, 4) is 0 Å². The number of nitrogens with zero attached hydrogens (tertiary/aromatic N) is 1. The Balaban J connectivity index is 0.000000286. The molecule has 1 aliphatic rings. The van der Waals surface area contributed by atoms with Crippen molar-refractivity contribution in [3.05, 3.63) is 104 Å². The molecule has 2 heterocycles. The molecule has 2 N–H and O–H groups in total. The van der Waals surface area contributed by atoms with Crippen molar-refractivity contribution in [2.75, 3.05) is 19.6 Å². The number of H-pyrrole nitrogens is 1. The minimum atomic E-state index is -0.879. The molecule has 1 fully saturated rings. The predicted molar refractivity (Wildman–Crippen MR) is 157 cm³/mol. The first-order valence-corrected chi connectivity index (χ1v) is 14.0. The summed E-state index contributed by atoms with van der Waals surface area (Å²) in [4.78, 5) is 16.3. The molecular weight excluding hydrogens is 583 g/mol. The zero-order valence-electron chi connectivity index (χ0n) is 20.3. The van der Waals surface area contributed by atoms with Crippen LogP contribution < -0.4 is 0 Å². The lowest BCUT2D eigenvalue weighted by atomic mass is 9.89. The van der Waals surface area contributed by atoms with Gasteiger partial charge in [0.1, 0.15) is 0 Å². The van der Waals surface area contributed by atoms with Gasteiger partial charge in [-0.15, -0.1) is 0 Å². The molecule has 0 unspecified atom stereocenters. The van der Waals surface area contributed by atoms with Crippen molar-refractivity contribution in [2.24, 2.45) is 0 Å². The number of rotatable bonds is 7. The number of benzene rings is 3. The van der Waals surface area contributed by atoms with Gasteiger partial charge in [0.2, 0.25) is 0 Å². The molecule has 0 atom stereocenters. The second-order valence-electron chi connectivity index (χ2n) is 9.27. The molecule has 0 spiro atoms. The first-order valence-electron chi connectivity index (χ1n) is 12.5. The molecule has 1 aliphatic heterocycles. The highest BCUT2D eigenvalue weighted by Crippen LogP contribution is 2.34. The van der Waals surface area contributed by atoms with Crippen LogP contribution in [0.2, 0.25) is 5.02 Å². The average molecular weight is 615 g/mol. The van der Waals surface area contributed by atoms with Crippen molar-refractivity contribution in [2.45, 2.75) is 38.0 Å². The van der Waals surface area contributed by atoms with Crippen LogP contribution in [0.4, 0.5) is 0 Å². The normalized spacial score (nSPS) is 14.4. The highest BCUT2D eigenvalue weighted by molar-refractivity contribution is 14.1. The Kier molecular flexibility index (Phi) is 9.84. The van der Waals surface area contributed by atoms with Crippen LogP contribution in [-0.2, 0) is 6.42 Å². The van der Waals surface area contributed by atoms with E-state index in [0.29, 0.717) is 11.5 Å². The molecular formula is C30H32ClIN2O2. The van der Waals surface area contributed by atoms with E-state index in [4.69, 9.17) is 16.7 Å². The molecule has 4 aromatic rings. The van der Waals surface area contributed by atoms with Crippen LogP contribution in [0.15, 0.2) is 79.0 Å². The molecule has 0 amide bonds. The number of aromatic amines is 1. The number of carboxylic acids is 1. The van der Waals surface area contributed by atoms with Crippen LogP contribution in [0, 0.1) is 3.57 Å². The summed E-state index contributed by atoms with van der Waals surface area (Å²) in [6.45, 7) is 3.64. The first-order chi connectivity index (χ1) is 17.5. The predicted octanol–water partition coefficient (Wildman–Crippen LogP) is 8.01. The van der Waals surface area contributed by atoms with Gasteiger partial charge in [-0.05, 0) is 128 Å². The van der Waals surface area contributed by atoms with Gasteiger partial charge in [0.25, 0.3) is 0 Å². The fourth-order valence-corrected chi connectivity index (χ4v) is 5.57. The monoisotopic (exact) mass is 614 g/mol. The van der Waals surface area contributed by atoms with Gasteiger partial charge >= 0.3 is 5.97 Å². The Hall–Kier alpha value is -2.35. The SMILES string of the molecule is Clc1ccccc1CCCCN1CCC(c2c[nH]c3ccc(I)cc23)CC1.O=C(O)c1ccccc1. The van der Waals surface area contributed by atoms with Crippen LogP contribution in [0.25, 0.3) is 10.9 Å². The van der Waals surface area contributed by atoms with Crippen LogP contribution >= 0.6 is 34.2 Å². The summed E-state index contributed by atoms with van der Waals surface area (Å²) in [5, 5.41) is 10.7. The molecule has 0 aliphatic carbocycles. The minimum Gasteiger partial charge on any atom is -0.478 e. The van der Waals surface area contributed by atoms with Crippen molar-refractivity contribution in [3.63, 3.8) is 0 Å². The maximum atomic E-state index is 10.2. The smallest absolute Gasteiger partial charge is 0.335 e. The number of fused-ring (bicyclic) bond motifs is 1. The number of likely N-dealkylation sites (tertiary alicyclic amines) is 1. The lowest BCUT2D eigenvalue weighted by molar-refractivity contribution is 0.0697. The highest BCUT2D eigenvalue weighted by Gasteiger charge is 2.22. The zero-order valence-corrected chi connectivity index (χ0v) is 23.2. The Morgan fingerprint density at radius 2 is 1.72 bits per heavy atom. The molecule has 6 heteroatoms. The molecule has 1 aromatic heterocycles. The first kappa shape index (κ1) is 26.7. The van der Waals surface area contributed by atoms with Gasteiger partial charge in [-0.3, -0.25) is 0 Å². The van der Waals surface area contributed by atoms with Crippen LogP contribution in [0.5, 0.6) is 0 Å². The van der Waals surface area contributed by atoms with Gasteiger partial charge in [0.15, 0.2) is 0 Å². The summed E-state index contributed by atoms with van der Waals surface area (Å²) in [5.41, 5.74) is 4.40. The number of aromatic carboxylic acids is 1. The molecule has 5 rings (SSSR count). The molecule has 36 heavy (non-hydrogen) atoms. The van der Waals surface area contributed by atoms with Crippen molar-refractivity contribution in [1.29, 1.82) is 0 Å². The van der Waals surface area contributed by atoms with Gasteiger partial charge in [-0.1, -0.05) is 48.0 Å². The Bertz CT molecular complexity index is 1270. The summed E-state index contributed by atoms with van der Waals surface area (Å²) >= 11 is 8.67. The van der Waals surface area contributed by atoms with Crippen LogP contribution in [0.3, 0.4) is 0 Å². The number of carbonyl (C=O) groups is 1. The van der Waals surface area contributed by atoms with Gasteiger partial charge in [-0.25, -0.2) is 4.79 Å². The third-order valence-electron chi connectivity index (χ3n) is 6.85. The van der Waals surface area contributed by atoms with E-state index in [0.717, 1.165) is 11.4 Å². The maximum Gasteiger partial charge on any atom is 0.335 e. The summed E-state index contributed by atoms with van der Waals surface area (Å²) in [6.07, 6.45) is 8.33. The lowest BCUT2D eigenvalue weighted by Crippen LogP contribution is -2.33. The van der Waals surface area contributed by atoms with Gasteiger partial charge in [0, 0.05) is 25.7 Å². The van der Waals surface area contributed by atoms with Gasteiger partial charge in [-0.2, -0.15) is 0 Å². The number of aromatic nitrogens is 1. The number of hydrogen-bond acceptors (Lipinski definition) is 2. The topological polar surface area (TPSA) is 56.3 Å². The molecule has 0 saturated carbocycles. The molecule has 4 nitrogen and oxygen atoms in total. The van der Waals surface area contributed by atoms with Gasteiger partial charge in [0.05, 0.1) is 5.56 Å². The van der Waals surface area contributed by atoms with Crippen LogP contribution in [0.1, 0.15) is 53.1 Å². The van der Waals surface area contributed by atoms with Gasteiger partial charge < -0.3 is 15.0 Å². The quantitative estimate of drug-likeness (QED) is 0.164. The number of unbranched alkanes of at least 4 members (excludes halogenated alkanes) is 1. The van der Waals surface area contributed by atoms with E-state index in [1.165, 1.54) is 70.9 Å². The second kappa shape index (κ2) is 13.3. The number of piperidine rings is 1. The largest absolute Gasteiger partial charge is 0.478 e. The van der Waals surface area contributed by atoms with E-state index in [1.54, 1.807) is 30.3 Å². The van der Waals surface area contributed by atoms with E-state index in [2.05, 4.69) is 69.0 Å². The maximum absolute atomic E-state index is 10.2. The van der Waals surface area contributed by atoms with E-state index in [1.807, 2.05) is 12.1 Å². The molecule has 0 radical (unpaired) electrons. The summed E-state index contributed by atoms with van der Waals surface area (Å²) in [7, 11) is 0. The highest BCUT2D eigenvalue weighted by atomic mass is 127. The number of carboxylic acid groups (broad SMARTS) is 1. The van der Waals surface area contributed by atoms with Crippen molar-refractivity contribution < 1.29 is 9.90 Å². The van der Waals surface area contributed by atoms with E-state index in [-0.39, 0.29) is 0 Å². The second-order valence-corrected chi connectivity index (χ2v) is 10.9. The fraction of sp³-hybridized carbons (Fsp3) is 0.300. The Labute approximate surface area is 231 Å². The third kappa shape index (κ3) is 7.34. The third-order valence-corrected chi connectivity index (χ3v) is 7.89. The van der Waals surface area contributed by atoms with Crippen molar-refractivity contribution >= 4 is 51.1 Å². The van der Waals surface area contributed by atoms with E-state index in [9.17, 15) is 4.79 Å². The number of aryl methyl sites for hydroxylation is 1. The zero-order chi connectivity index (χ0) is 25.3. The molecule has 0 bridgehead atoms. The van der Waals surface area contributed by atoms with E-state index < -0.39 is 5.97 Å². The average Bonchev–Trinajstić information content (AvgIpc) is 3.32. The van der Waals surface area contributed by atoms with E-state index >= 15 is 0 Å². The summed E-state index contributed by atoms with van der Waals surface area (Å²) in [6, 6.07) is 23.2.